The van der Waals surface area contributed by atoms with Gasteiger partial charge >= 0.3 is 0 Å². The predicted octanol–water partition coefficient (Wildman–Crippen LogP) is 3.81. The van der Waals surface area contributed by atoms with E-state index in [2.05, 4.69) is 45.9 Å². The van der Waals surface area contributed by atoms with Crippen LogP contribution in [-0.4, -0.2) is 42.1 Å². The third-order valence-corrected chi connectivity index (χ3v) is 5.25. The number of amides is 1. The molecule has 1 amide bonds. The van der Waals surface area contributed by atoms with E-state index in [-0.39, 0.29) is 5.91 Å². The lowest BCUT2D eigenvalue weighted by atomic mass is 9.99. The van der Waals surface area contributed by atoms with Crippen molar-refractivity contribution in [1.82, 2.24) is 9.97 Å². The molecule has 0 spiro atoms. The second kappa shape index (κ2) is 8.84. The summed E-state index contributed by atoms with van der Waals surface area (Å²) in [6.45, 7) is 10.4. The number of benzene rings is 1. The molecule has 144 valence electrons. The summed E-state index contributed by atoms with van der Waals surface area (Å²) in [6, 6.07) is 9.71. The molecule has 27 heavy (non-hydrogen) atoms. The van der Waals surface area contributed by atoms with Crippen LogP contribution in [0.4, 0.5) is 17.2 Å². The molecule has 0 atom stereocenters. The summed E-state index contributed by atoms with van der Waals surface area (Å²) in [7, 11) is 0. The van der Waals surface area contributed by atoms with Crippen molar-refractivity contribution in [2.24, 2.45) is 5.92 Å². The van der Waals surface area contributed by atoms with Crippen molar-refractivity contribution in [3.8, 4) is 0 Å². The average Bonchev–Trinajstić information content (AvgIpc) is 2.71. The summed E-state index contributed by atoms with van der Waals surface area (Å²) in [5, 5.41) is 2.93. The predicted molar refractivity (Wildman–Crippen MR) is 111 cm³/mol. The molecule has 0 radical (unpaired) electrons. The number of hydrogen-bond acceptors (Lipinski definition) is 5. The maximum atomic E-state index is 12.6. The summed E-state index contributed by atoms with van der Waals surface area (Å²) >= 11 is 0. The van der Waals surface area contributed by atoms with Crippen LogP contribution in [0.5, 0.6) is 0 Å². The number of anilines is 3. The first-order valence-corrected chi connectivity index (χ1v) is 9.84. The molecule has 2 heterocycles. The Hall–Kier alpha value is -2.63. The van der Waals surface area contributed by atoms with Gasteiger partial charge in [-0.05, 0) is 56.9 Å². The number of nitrogens with zero attached hydrogens (tertiary/aromatic N) is 4. The Morgan fingerprint density at radius 2 is 1.81 bits per heavy atom. The van der Waals surface area contributed by atoms with Gasteiger partial charge in [-0.2, -0.15) is 0 Å². The highest BCUT2D eigenvalue weighted by Crippen LogP contribution is 2.22. The summed E-state index contributed by atoms with van der Waals surface area (Å²) in [5.74, 6) is 1.38. The Kier molecular flexibility index (Phi) is 6.27. The number of carbonyl (C=O) groups excluding carboxylic acids is 1. The number of aromatic nitrogens is 2. The number of rotatable bonds is 6. The zero-order chi connectivity index (χ0) is 19.2. The first-order chi connectivity index (χ1) is 13.1. The molecule has 1 aliphatic rings. The minimum Gasteiger partial charge on any atom is -0.372 e. The highest BCUT2D eigenvalue weighted by atomic mass is 16.1. The summed E-state index contributed by atoms with van der Waals surface area (Å²) in [5.41, 5.74) is 2.32. The molecule has 0 saturated carbocycles. The van der Waals surface area contributed by atoms with Crippen LogP contribution in [0.25, 0.3) is 0 Å². The number of piperidine rings is 1. The summed E-state index contributed by atoms with van der Waals surface area (Å²) < 4.78 is 0. The van der Waals surface area contributed by atoms with E-state index < -0.39 is 0 Å². The van der Waals surface area contributed by atoms with Gasteiger partial charge in [-0.25, -0.2) is 9.97 Å². The Balaban J connectivity index is 1.66. The molecule has 6 heteroatoms. The lowest BCUT2D eigenvalue weighted by Crippen LogP contribution is -2.33. The molecule has 1 aliphatic heterocycles. The molecule has 0 unspecified atom stereocenters. The minimum absolute atomic E-state index is 0.209. The molecule has 6 nitrogen and oxygen atoms in total. The summed E-state index contributed by atoms with van der Waals surface area (Å²) in [4.78, 5) is 25.6. The van der Waals surface area contributed by atoms with Gasteiger partial charge in [0.25, 0.3) is 5.91 Å². The van der Waals surface area contributed by atoms with E-state index in [4.69, 9.17) is 0 Å². The molecule has 1 N–H and O–H groups in total. The molecular weight excluding hydrogens is 338 g/mol. The van der Waals surface area contributed by atoms with Crippen LogP contribution in [0.3, 0.4) is 0 Å². The van der Waals surface area contributed by atoms with Gasteiger partial charge in [-0.1, -0.05) is 6.92 Å². The second-order valence-corrected chi connectivity index (χ2v) is 7.10. The van der Waals surface area contributed by atoms with Crippen LogP contribution in [0.15, 0.2) is 36.7 Å². The molecule has 1 aromatic carbocycles. The van der Waals surface area contributed by atoms with E-state index in [9.17, 15) is 4.79 Å². The Labute approximate surface area is 161 Å². The van der Waals surface area contributed by atoms with Gasteiger partial charge in [0.1, 0.15) is 17.8 Å². The maximum Gasteiger partial charge on any atom is 0.274 e. The van der Waals surface area contributed by atoms with E-state index in [0.717, 1.165) is 62.1 Å². The SMILES string of the molecule is CCN(CC)c1ccc(NC(=O)c2cc(N3CCC(C)CC3)ncn2)cc1. The van der Waals surface area contributed by atoms with Gasteiger partial charge in [0.2, 0.25) is 0 Å². The number of hydrogen-bond donors (Lipinski definition) is 1. The topological polar surface area (TPSA) is 61.4 Å². The Bertz CT molecular complexity index is 749. The largest absolute Gasteiger partial charge is 0.372 e. The van der Waals surface area contributed by atoms with Crippen LogP contribution in [0.2, 0.25) is 0 Å². The lowest BCUT2D eigenvalue weighted by Gasteiger charge is -2.31. The normalized spacial score (nSPS) is 14.9. The molecule has 3 rings (SSSR count). The smallest absolute Gasteiger partial charge is 0.274 e. The number of nitrogens with one attached hydrogen (secondary N) is 1. The van der Waals surface area contributed by atoms with Crippen LogP contribution in [-0.2, 0) is 0 Å². The molecule has 1 aromatic heterocycles. The first-order valence-electron chi connectivity index (χ1n) is 9.84. The van der Waals surface area contributed by atoms with Crippen molar-refractivity contribution in [2.75, 3.05) is 41.3 Å². The fourth-order valence-electron chi connectivity index (χ4n) is 3.42. The van der Waals surface area contributed by atoms with Crippen LogP contribution < -0.4 is 15.1 Å². The molecule has 0 aliphatic carbocycles. The molecule has 1 fully saturated rings. The van der Waals surface area contributed by atoms with E-state index in [0.29, 0.717) is 5.69 Å². The zero-order valence-electron chi connectivity index (χ0n) is 16.5. The van der Waals surface area contributed by atoms with Crippen LogP contribution in [0.1, 0.15) is 44.1 Å². The second-order valence-electron chi connectivity index (χ2n) is 7.10. The monoisotopic (exact) mass is 367 g/mol. The fourth-order valence-corrected chi connectivity index (χ4v) is 3.42. The molecule has 0 bridgehead atoms. The van der Waals surface area contributed by atoms with Gasteiger partial charge in [0.05, 0.1) is 0 Å². The van der Waals surface area contributed by atoms with Crippen molar-refractivity contribution in [1.29, 1.82) is 0 Å². The van der Waals surface area contributed by atoms with E-state index in [1.807, 2.05) is 24.3 Å². The van der Waals surface area contributed by atoms with E-state index in [1.165, 1.54) is 6.33 Å². The number of carbonyl (C=O) groups is 1. The minimum atomic E-state index is -0.209. The van der Waals surface area contributed by atoms with Crippen LogP contribution in [0, 0.1) is 5.92 Å². The molecule has 1 saturated heterocycles. The standard InChI is InChI=1S/C21H29N5O/c1-4-25(5-2)18-8-6-17(7-9-18)24-21(27)19-14-20(23-15-22-19)26-12-10-16(3)11-13-26/h6-9,14-16H,4-5,10-13H2,1-3H3,(H,24,27). The molecular formula is C21H29N5O. The third kappa shape index (κ3) is 4.76. The van der Waals surface area contributed by atoms with Crippen LogP contribution >= 0.6 is 0 Å². The highest BCUT2D eigenvalue weighted by molar-refractivity contribution is 6.03. The van der Waals surface area contributed by atoms with Crippen molar-refractivity contribution < 1.29 is 4.79 Å². The van der Waals surface area contributed by atoms with Gasteiger partial charge in [-0.15, -0.1) is 0 Å². The lowest BCUT2D eigenvalue weighted by molar-refractivity contribution is 0.102. The maximum absolute atomic E-state index is 12.6. The van der Waals surface area contributed by atoms with Crippen molar-refractivity contribution >= 4 is 23.1 Å². The van der Waals surface area contributed by atoms with Gasteiger partial charge in [0.15, 0.2) is 0 Å². The Morgan fingerprint density at radius 3 is 2.44 bits per heavy atom. The van der Waals surface area contributed by atoms with E-state index in [1.54, 1.807) is 6.07 Å². The zero-order valence-corrected chi connectivity index (χ0v) is 16.5. The van der Waals surface area contributed by atoms with Crippen molar-refractivity contribution in [3.05, 3.63) is 42.4 Å². The van der Waals surface area contributed by atoms with Gasteiger partial charge < -0.3 is 15.1 Å². The van der Waals surface area contributed by atoms with Crippen molar-refractivity contribution in [3.63, 3.8) is 0 Å². The van der Waals surface area contributed by atoms with Crippen molar-refractivity contribution in [2.45, 2.75) is 33.6 Å². The molecule has 2 aromatic rings. The van der Waals surface area contributed by atoms with E-state index >= 15 is 0 Å². The Morgan fingerprint density at radius 1 is 1.15 bits per heavy atom. The van der Waals surface area contributed by atoms with Gasteiger partial charge in [-0.3, -0.25) is 4.79 Å². The third-order valence-electron chi connectivity index (χ3n) is 5.25. The quantitative estimate of drug-likeness (QED) is 0.841. The average molecular weight is 367 g/mol. The first kappa shape index (κ1) is 19.1. The summed E-state index contributed by atoms with van der Waals surface area (Å²) in [6.07, 6.45) is 3.79. The fraction of sp³-hybridized carbons (Fsp3) is 0.476. The highest BCUT2D eigenvalue weighted by Gasteiger charge is 2.18. The van der Waals surface area contributed by atoms with Gasteiger partial charge in [0, 0.05) is 43.6 Å².